The maximum atomic E-state index is 9.82. The lowest BCUT2D eigenvalue weighted by atomic mass is 10.1. The van der Waals surface area contributed by atoms with Gasteiger partial charge in [-0.15, -0.1) is 0 Å². The van der Waals surface area contributed by atoms with Crippen LogP contribution in [0.4, 0.5) is 5.69 Å². The number of hydrogen-bond donors (Lipinski definition) is 2. The number of nitrogens with one attached hydrogen (secondary N) is 1. The molecule has 116 valence electrons. The number of benzene rings is 1. The third-order valence-electron chi connectivity index (χ3n) is 3.23. The predicted octanol–water partition coefficient (Wildman–Crippen LogP) is 3.12. The summed E-state index contributed by atoms with van der Waals surface area (Å²) in [5.74, 6) is 0. The summed E-state index contributed by atoms with van der Waals surface area (Å²) < 4.78 is 5.46. The van der Waals surface area contributed by atoms with E-state index in [-0.39, 0.29) is 0 Å². The SMILES string of the molecule is CCCCCCOCC(O)CNc1ccc(CC#N)cc1. The van der Waals surface area contributed by atoms with Gasteiger partial charge in [0.1, 0.15) is 0 Å². The summed E-state index contributed by atoms with van der Waals surface area (Å²) in [7, 11) is 0. The molecule has 1 rings (SSSR count). The van der Waals surface area contributed by atoms with Gasteiger partial charge in [-0.3, -0.25) is 0 Å². The molecule has 0 heterocycles. The van der Waals surface area contributed by atoms with Crippen molar-refractivity contribution in [2.75, 3.05) is 25.1 Å². The number of aliphatic hydroxyl groups excluding tert-OH is 1. The topological polar surface area (TPSA) is 65.3 Å². The molecule has 0 saturated heterocycles. The molecule has 1 aromatic rings. The Labute approximate surface area is 127 Å². The summed E-state index contributed by atoms with van der Waals surface area (Å²) in [6.45, 7) is 3.74. The van der Waals surface area contributed by atoms with Gasteiger partial charge in [-0.1, -0.05) is 38.3 Å². The van der Waals surface area contributed by atoms with Crippen LogP contribution >= 0.6 is 0 Å². The van der Waals surface area contributed by atoms with Crippen molar-refractivity contribution in [2.24, 2.45) is 0 Å². The van der Waals surface area contributed by atoms with E-state index < -0.39 is 6.10 Å². The Morgan fingerprint density at radius 2 is 2.00 bits per heavy atom. The van der Waals surface area contributed by atoms with Crippen molar-refractivity contribution in [1.29, 1.82) is 5.26 Å². The van der Waals surface area contributed by atoms with Gasteiger partial charge < -0.3 is 15.2 Å². The molecule has 0 aliphatic heterocycles. The first-order valence-electron chi connectivity index (χ1n) is 7.71. The lowest BCUT2D eigenvalue weighted by molar-refractivity contribution is 0.0417. The van der Waals surface area contributed by atoms with Crippen LogP contribution in [0.15, 0.2) is 24.3 Å². The third-order valence-corrected chi connectivity index (χ3v) is 3.23. The molecule has 0 aromatic heterocycles. The Morgan fingerprint density at radius 3 is 2.67 bits per heavy atom. The Kier molecular flexibility index (Phi) is 9.26. The van der Waals surface area contributed by atoms with E-state index in [4.69, 9.17) is 10.00 Å². The molecule has 1 unspecified atom stereocenters. The zero-order valence-corrected chi connectivity index (χ0v) is 12.8. The van der Waals surface area contributed by atoms with E-state index in [0.29, 0.717) is 19.6 Å². The van der Waals surface area contributed by atoms with E-state index >= 15 is 0 Å². The second kappa shape index (κ2) is 11.1. The van der Waals surface area contributed by atoms with Crippen molar-refractivity contribution >= 4 is 5.69 Å². The molecular formula is C17H26N2O2. The molecule has 1 atom stereocenters. The van der Waals surface area contributed by atoms with Crippen molar-refractivity contribution in [1.82, 2.24) is 0 Å². The molecular weight excluding hydrogens is 264 g/mol. The number of ether oxygens (including phenoxy) is 1. The first-order valence-corrected chi connectivity index (χ1v) is 7.71. The lowest BCUT2D eigenvalue weighted by Crippen LogP contribution is -2.25. The third kappa shape index (κ3) is 8.34. The van der Waals surface area contributed by atoms with Crippen LogP contribution in [0.2, 0.25) is 0 Å². The highest BCUT2D eigenvalue weighted by Crippen LogP contribution is 2.10. The standard InChI is InChI=1S/C17H26N2O2/c1-2-3-4-5-12-21-14-17(20)13-19-16-8-6-15(7-9-16)10-11-18/h6-9,17,19-20H,2-5,10,12-14H2,1H3. The zero-order chi connectivity index (χ0) is 15.3. The largest absolute Gasteiger partial charge is 0.389 e. The van der Waals surface area contributed by atoms with E-state index in [1.54, 1.807) is 0 Å². The molecule has 0 radical (unpaired) electrons. The number of rotatable bonds is 11. The van der Waals surface area contributed by atoms with E-state index in [1.807, 2.05) is 24.3 Å². The number of nitrogens with zero attached hydrogens (tertiary/aromatic N) is 1. The van der Waals surface area contributed by atoms with Crippen molar-refractivity contribution < 1.29 is 9.84 Å². The van der Waals surface area contributed by atoms with Crippen molar-refractivity contribution in [3.05, 3.63) is 29.8 Å². The smallest absolute Gasteiger partial charge is 0.0945 e. The summed E-state index contributed by atoms with van der Waals surface area (Å²) in [6.07, 6.45) is 4.65. The predicted molar refractivity (Wildman–Crippen MR) is 85.2 cm³/mol. The van der Waals surface area contributed by atoms with Crippen LogP contribution < -0.4 is 5.32 Å². The molecule has 2 N–H and O–H groups in total. The lowest BCUT2D eigenvalue weighted by Gasteiger charge is -2.13. The number of aliphatic hydroxyl groups is 1. The van der Waals surface area contributed by atoms with Gasteiger partial charge in [0.15, 0.2) is 0 Å². The summed E-state index contributed by atoms with van der Waals surface area (Å²) in [5, 5.41) is 21.6. The molecule has 0 spiro atoms. The Hall–Kier alpha value is -1.57. The van der Waals surface area contributed by atoms with Gasteiger partial charge in [0.2, 0.25) is 0 Å². The molecule has 0 bridgehead atoms. The van der Waals surface area contributed by atoms with Crippen LogP contribution in [-0.2, 0) is 11.2 Å². The quantitative estimate of drug-likeness (QED) is 0.615. The fraction of sp³-hybridized carbons (Fsp3) is 0.588. The second-order valence-electron chi connectivity index (χ2n) is 5.20. The average Bonchev–Trinajstić information content (AvgIpc) is 2.50. The maximum absolute atomic E-state index is 9.82. The molecule has 0 saturated carbocycles. The average molecular weight is 290 g/mol. The number of nitriles is 1. The highest BCUT2D eigenvalue weighted by atomic mass is 16.5. The Bertz CT molecular complexity index is 412. The summed E-state index contributed by atoms with van der Waals surface area (Å²) in [6, 6.07) is 9.80. The molecule has 0 aliphatic carbocycles. The monoisotopic (exact) mass is 290 g/mol. The number of anilines is 1. The van der Waals surface area contributed by atoms with E-state index in [2.05, 4.69) is 18.3 Å². The number of unbranched alkanes of at least 4 members (excludes halogenated alkanes) is 3. The molecule has 0 fully saturated rings. The molecule has 21 heavy (non-hydrogen) atoms. The number of hydrogen-bond acceptors (Lipinski definition) is 4. The van der Waals surface area contributed by atoms with Gasteiger partial charge >= 0.3 is 0 Å². The minimum atomic E-state index is -0.505. The first-order chi connectivity index (χ1) is 10.3. The van der Waals surface area contributed by atoms with Gasteiger partial charge in [-0.2, -0.15) is 5.26 Å². The van der Waals surface area contributed by atoms with Gasteiger partial charge in [0, 0.05) is 18.8 Å². The van der Waals surface area contributed by atoms with Gasteiger partial charge in [-0.05, 0) is 24.1 Å². The van der Waals surface area contributed by atoms with Crippen LogP contribution in [0.5, 0.6) is 0 Å². The summed E-state index contributed by atoms with van der Waals surface area (Å²) >= 11 is 0. The zero-order valence-electron chi connectivity index (χ0n) is 12.8. The van der Waals surface area contributed by atoms with Crippen molar-refractivity contribution in [3.8, 4) is 6.07 Å². The van der Waals surface area contributed by atoms with Crippen LogP contribution in [0.1, 0.15) is 38.2 Å². The summed E-state index contributed by atoms with van der Waals surface area (Å²) in [5.41, 5.74) is 1.94. The van der Waals surface area contributed by atoms with Gasteiger partial charge in [0.05, 0.1) is 25.2 Å². The summed E-state index contributed by atoms with van der Waals surface area (Å²) in [4.78, 5) is 0. The Balaban J connectivity index is 2.12. The molecule has 0 aliphatic rings. The first kappa shape index (κ1) is 17.5. The van der Waals surface area contributed by atoms with E-state index in [9.17, 15) is 5.11 Å². The molecule has 4 nitrogen and oxygen atoms in total. The molecule has 4 heteroatoms. The normalized spacial score (nSPS) is 11.9. The maximum Gasteiger partial charge on any atom is 0.0945 e. The van der Waals surface area contributed by atoms with Crippen molar-refractivity contribution in [3.63, 3.8) is 0 Å². The Morgan fingerprint density at radius 1 is 1.24 bits per heavy atom. The second-order valence-corrected chi connectivity index (χ2v) is 5.20. The minimum Gasteiger partial charge on any atom is -0.389 e. The molecule has 1 aromatic carbocycles. The highest BCUT2D eigenvalue weighted by Gasteiger charge is 2.04. The highest BCUT2D eigenvalue weighted by molar-refractivity contribution is 5.45. The van der Waals surface area contributed by atoms with E-state index in [1.165, 1.54) is 19.3 Å². The van der Waals surface area contributed by atoms with Crippen LogP contribution in [-0.4, -0.2) is 31.0 Å². The van der Waals surface area contributed by atoms with Gasteiger partial charge in [-0.25, -0.2) is 0 Å². The fourth-order valence-electron chi connectivity index (χ4n) is 1.98. The van der Waals surface area contributed by atoms with Crippen LogP contribution in [0.25, 0.3) is 0 Å². The van der Waals surface area contributed by atoms with E-state index in [0.717, 1.165) is 24.3 Å². The van der Waals surface area contributed by atoms with Gasteiger partial charge in [0.25, 0.3) is 0 Å². The van der Waals surface area contributed by atoms with Crippen LogP contribution in [0, 0.1) is 11.3 Å². The fourth-order valence-corrected chi connectivity index (χ4v) is 1.98. The molecule has 0 amide bonds. The van der Waals surface area contributed by atoms with Crippen LogP contribution in [0.3, 0.4) is 0 Å². The van der Waals surface area contributed by atoms with Crippen molar-refractivity contribution in [2.45, 2.75) is 45.1 Å². The minimum absolute atomic E-state index is 0.367.